The number of hydrogen-bond acceptors (Lipinski definition) is 2. The fourth-order valence-electron chi connectivity index (χ4n) is 1.12. The molecule has 0 saturated carbocycles. The van der Waals surface area contributed by atoms with E-state index in [1.165, 1.54) is 6.42 Å². The van der Waals surface area contributed by atoms with Gasteiger partial charge in [0.05, 0.1) is 6.33 Å². The summed E-state index contributed by atoms with van der Waals surface area (Å²) >= 11 is 0. The van der Waals surface area contributed by atoms with Crippen molar-refractivity contribution in [3.05, 3.63) is 18.7 Å². The molecule has 74 valence electrons. The van der Waals surface area contributed by atoms with Gasteiger partial charge >= 0.3 is 0 Å². The predicted octanol–water partition coefficient (Wildman–Crippen LogP) is 1.52. The van der Waals surface area contributed by atoms with Gasteiger partial charge in [-0.05, 0) is 12.5 Å². The first kappa shape index (κ1) is 10.3. The zero-order chi connectivity index (χ0) is 9.52. The van der Waals surface area contributed by atoms with Gasteiger partial charge in [0.15, 0.2) is 0 Å². The topological polar surface area (TPSA) is 29.9 Å². The summed E-state index contributed by atoms with van der Waals surface area (Å²) < 4.78 is 2.09. The highest BCUT2D eigenvalue weighted by molar-refractivity contribution is 4.74. The predicted molar refractivity (Wildman–Crippen MR) is 54.6 cm³/mol. The molecule has 0 spiro atoms. The van der Waals surface area contributed by atoms with Gasteiger partial charge in [0.25, 0.3) is 0 Å². The van der Waals surface area contributed by atoms with Crippen molar-refractivity contribution in [1.82, 2.24) is 14.9 Å². The van der Waals surface area contributed by atoms with Crippen molar-refractivity contribution in [3.8, 4) is 0 Å². The van der Waals surface area contributed by atoms with Crippen molar-refractivity contribution in [2.75, 3.05) is 13.1 Å². The minimum atomic E-state index is 0.780. The van der Waals surface area contributed by atoms with Crippen LogP contribution in [0.4, 0.5) is 0 Å². The Balaban J connectivity index is 2.02. The number of imidazole rings is 1. The highest BCUT2D eigenvalue weighted by Gasteiger charge is 1.96. The number of nitrogens with one attached hydrogen (secondary N) is 1. The van der Waals surface area contributed by atoms with Crippen LogP contribution in [-0.4, -0.2) is 22.6 Å². The quantitative estimate of drug-likeness (QED) is 0.674. The lowest BCUT2D eigenvalue weighted by atomic mass is 10.1. The van der Waals surface area contributed by atoms with Crippen LogP contribution in [0.2, 0.25) is 0 Å². The maximum atomic E-state index is 3.99. The van der Waals surface area contributed by atoms with Crippen LogP contribution in [0.1, 0.15) is 20.3 Å². The normalized spacial score (nSPS) is 13.1. The molecule has 0 aliphatic carbocycles. The fraction of sp³-hybridized carbons (Fsp3) is 0.700. The molecule has 0 aliphatic rings. The molecule has 0 fully saturated rings. The van der Waals surface area contributed by atoms with Gasteiger partial charge in [0, 0.05) is 25.5 Å². The van der Waals surface area contributed by atoms with E-state index in [1.807, 2.05) is 18.7 Å². The average Bonchev–Trinajstić information content (AvgIpc) is 2.64. The molecule has 1 heterocycles. The molecule has 3 heteroatoms. The Bertz CT molecular complexity index is 206. The maximum absolute atomic E-state index is 3.99. The van der Waals surface area contributed by atoms with Crippen molar-refractivity contribution in [3.63, 3.8) is 0 Å². The van der Waals surface area contributed by atoms with E-state index in [-0.39, 0.29) is 0 Å². The van der Waals surface area contributed by atoms with E-state index in [4.69, 9.17) is 0 Å². The first-order chi connectivity index (χ1) is 6.33. The van der Waals surface area contributed by atoms with Crippen LogP contribution in [0.25, 0.3) is 0 Å². The SMILES string of the molecule is CCC(C)CNCCn1ccnc1. The lowest BCUT2D eigenvalue weighted by Crippen LogP contribution is -2.24. The molecule has 3 nitrogen and oxygen atoms in total. The minimum Gasteiger partial charge on any atom is -0.336 e. The van der Waals surface area contributed by atoms with Crippen molar-refractivity contribution in [1.29, 1.82) is 0 Å². The number of rotatable bonds is 6. The lowest BCUT2D eigenvalue weighted by molar-refractivity contribution is 0.485. The lowest BCUT2D eigenvalue weighted by Gasteiger charge is -2.09. The standard InChI is InChI=1S/C10H19N3/c1-3-10(2)8-11-4-6-13-7-5-12-9-13/h5,7,9-11H,3-4,6,8H2,1-2H3. The van der Waals surface area contributed by atoms with E-state index in [9.17, 15) is 0 Å². The largest absolute Gasteiger partial charge is 0.336 e. The van der Waals surface area contributed by atoms with E-state index < -0.39 is 0 Å². The molecule has 1 N–H and O–H groups in total. The third kappa shape index (κ3) is 4.08. The van der Waals surface area contributed by atoms with Gasteiger partial charge in [-0.3, -0.25) is 0 Å². The second kappa shape index (κ2) is 5.75. The Morgan fingerprint density at radius 1 is 1.54 bits per heavy atom. The van der Waals surface area contributed by atoms with Crippen LogP contribution in [0.15, 0.2) is 18.7 Å². The summed E-state index contributed by atoms with van der Waals surface area (Å²) in [7, 11) is 0. The number of aromatic nitrogens is 2. The van der Waals surface area contributed by atoms with Crippen molar-refractivity contribution >= 4 is 0 Å². The molecule has 0 aromatic carbocycles. The molecule has 0 bridgehead atoms. The monoisotopic (exact) mass is 181 g/mol. The summed E-state index contributed by atoms with van der Waals surface area (Å²) in [5.41, 5.74) is 0. The summed E-state index contributed by atoms with van der Waals surface area (Å²) in [4.78, 5) is 3.99. The molecule has 1 aromatic heterocycles. The molecule has 1 aromatic rings. The molecule has 1 unspecified atom stereocenters. The fourth-order valence-corrected chi connectivity index (χ4v) is 1.12. The van der Waals surface area contributed by atoms with Crippen molar-refractivity contribution in [2.45, 2.75) is 26.8 Å². The van der Waals surface area contributed by atoms with Crippen LogP contribution < -0.4 is 5.32 Å². The van der Waals surface area contributed by atoms with Gasteiger partial charge < -0.3 is 9.88 Å². The Morgan fingerprint density at radius 2 is 2.38 bits per heavy atom. The van der Waals surface area contributed by atoms with Crippen LogP contribution in [0.5, 0.6) is 0 Å². The Hall–Kier alpha value is -0.830. The van der Waals surface area contributed by atoms with Gasteiger partial charge in [0.2, 0.25) is 0 Å². The van der Waals surface area contributed by atoms with Gasteiger partial charge in [-0.15, -0.1) is 0 Å². The third-order valence-corrected chi connectivity index (χ3v) is 2.30. The Labute approximate surface area is 80.2 Å². The van der Waals surface area contributed by atoms with Crippen LogP contribution in [0, 0.1) is 5.92 Å². The van der Waals surface area contributed by atoms with E-state index in [0.29, 0.717) is 0 Å². The highest BCUT2D eigenvalue weighted by atomic mass is 15.0. The van der Waals surface area contributed by atoms with Crippen molar-refractivity contribution in [2.24, 2.45) is 5.92 Å². The number of hydrogen-bond donors (Lipinski definition) is 1. The smallest absolute Gasteiger partial charge is 0.0946 e. The molecular formula is C10H19N3. The maximum Gasteiger partial charge on any atom is 0.0946 e. The Morgan fingerprint density at radius 3 is 3.00 bits per heavy atom. The van der Waals surface area contributed by atoms with Crippen molar-refractivity contribution < 1.29 is 0 Å². The second-order valence-corrected chi connectivity index (χ2v) is 3.52. The summed E-state index contributed by atoms with van der Waals surface area (Å²) in [5, 5.41) is 3.43. The summed E-state index contributed by atoms with van der Waals surface area (Å²) in [5.74, 6) is 0.780. The molecule has 1 rings (SSSR count). The number of nitrogens with zero attached hydrogens (tertiary/aromatic N) is 2. The minimum absolute atomic E-state index is 0.780. The first-order valence-electron chi connectivity index (χ1n) is 4.99. The summed E-state index contributed by atoms with van der Waals surface area (Å²) in [6.07, 6.45) is 6.91. The van der Waals surface area contributed by atoms with Gasteiger partial charge in [0.1, 0.15) is 0 Å². The van der Waals surface area contributed by atoms with E-state index in [0.717, 1.165) is 25.6 Å². The first-order valence-corrected chi connectivity index (χ1v) is 4.99. The molecular weight excluding hydrogens is 162 g/mol. The second-order valence-electron chi connectivity index (χ2n) is 3.52. The molecule has 0 aliphatic heterocycles. The average molecular weight is 181 g/mol. The molecule has 1 atom stereocenters. The highest BCUT2D eigenvalue weighted by Crippen LogP contribution is 1.96. The molecule has 0 radical (unpaired) electrons. The third-order valence-electron chi connectivity index (χ3n) is 2.30. The van der Waals surface area contributed by atoms with E-state index >= 15 is 0 Å². The Kier molecular flexibility index (Phi) is 4.54. The van der Waals surface area contributed by atoms with Crippen LogP contribution >= 0.6 is 0 Å². The van der Waals surface area contributed by atoms with E-state index in [2.05, 4.69) is 28.7 Å². The zero-order valence-corrected chi connectivity index (χ0v) is 8.53. The molecule has 13 heavy (non-hydrogen) atoms. The molecule has 0 amide bonds. The van der Waals surface area contributed by atoms with Gasteiger partial charge in [-0.1, -0.05) is 20.3 Å². The van der Waals surface area contributed by atoms with Gasteiger partial charge in [-0.2, -0.15) is 0 Å². The summed E-state index contributed by atoms with van der Waals surface area (Å²) in [6.45, 7) is 7.65. The summed E-state index contributed by atoms with van der Waals surface area (Å²) in [6, 6.07) is 0. The van der Waals surface area contributed by atoms with E-state index in [1.54, 1.807) is 0 Å². The molecule has 0 saturated heterocycles. The van der Waals surface area contributed by atoms with Crippen LogP contribution in [-0.2, 0) is 6.54 Å². The van der Waals surface area contributed by atoms with Gasteiger partial charge in [-0.25, -0.2) is 4.98 Å². The van der Waals surface area contributed by atoms with Crippen LogP contribution in [0.3, 0.4) is 0 Å². The zero-order valence-electron chi connectivity index (χ0n) is 8.53.